The van der Waals surface area contributed by atoms with Crippen molar-refractivity contribution >= 4 is 23.0 Å². The summed E-state index contributed by atoms with van der Waals surface area (Å²) in [6.07, 6.45) is -2.77. The first-order valence-corrected chi connectivity index (χ1v) is 6.96. The van der Waals surface area contributed by atoms with Gasteiger partial charge >= 0.3 is 6.18 Å². The zero-order valence-corrected chi connectivity index (χ0v) is 12.2. The summed E-state index contributed by atoms with van der Waals surface area (Å²) >= 11 is 4.86. The maximum Gasteiger partial charge on any atom is 0.433 e. The fraction of sp³-hybridized carbons (Fsp3) is 0.538. The first kappa shape index (κ1) is 16.0. The van der Waals surface area contributed by atoms with Crippen molar-refractivity contribution in [1.29, 1.82) is 0 Å². The van der Waals surface area contributed by atoms with Gasteiger partial charge in [-0.25, -0.2) is 4.98 Å². The van der Waals surface area contributed by atoms with E-state index in [1.165, 1.54) is 6.07 Å². The Morgan fingerprint density at radius 1 is 1.52 bits per heavy atom. The van der Waals surface area contributed by atoms with E-state index in [0.29, 0.717) is 12.2 Å². The standard InChI is InChI=1S/C13H16F3N3OS/c1-7(9-3-2-6-20-9)18-12-8(11(17)21)4-5-10(19-12)13(14,15)16/h4-5,7,9H,2-3,6H2,1H3,(H2,17,21)(H,18,19). The Labute approximate surface area is 125 Å². The third-order valence-electron chi connectivity index (χ3n) is 3.34. The molecule has 0 aliphatic carbocycles. The van der Waals surface area contributed by atoms with Gasteiger partial charge in [0, 0.05) is 6.61 Å². The van der Waals surface area contributed by atoms with Crippen LogP contribution in [0.3, 0.4) is 0 Å². The van der Waals surface area contributed by atoms with E-state index in [-0.39, 0.29) is 23.0 Å². The molecule has 1 aromatic rings. The number of anilines is 1. The Balaban J connectivity index is 2.27. The van der Waals surface area contributed by atoms with Crippen molar-refractivity contribution in [3.05, 3.63) is 23.4 Å². The number of hydrogen-bond acceptors (Lipinski definition) is 4. The van der Waals surface area contributed by atoms with E-state index in [9.17, 15) is 13.2 Å². The Bertz CT molecular complexity index is 530. The van der Waals surface area contributed by atoms with E-state index in [2.05, 4.69) is 10.3 Å². The highest BCUT2D eigenvalue weighted by Gasteiger charge is 2.33. The van der Waals surface area contributed by atoms with Gasteiger partial charge in [0.15, 0.2) is 0 Å². The normalized spacial score (nSPS) is 20.3. The Morgan fingerprint density at radius 2 is 2.24 bits per heavy atom. The Hall–Kier alpha value is -1.41. The minimum atomic E-state index is -4.52. The third-order valence-corrected chi connectivity index (χ3v) is 3.56. The largest absolute Gasteiger partial charge is 0.433 e. The lowest BCUT2D eigenvalue weighted by molar-refractivity contribution is -0.141. The van der Waals surface area contributed by atoms with Crippen LogP contribution in [0.1, 0.15) is 31.0 Å². The molecule has 1 fully saturated rings. The first-order valence-electron chi connectivity index (χ1n) is 6.55. The number of halogens is 3. The van der Waals surface area contributed by atoms with Crippen LogP contribution in [-0.2, 0) is 10.9 Å². The number of hydrogen-bond donors (Lipinski definition) is 2. The highest BCUT2D eigenvalue weighted by atomic mass is 32.1. The van der Waals surface area contributed by atoms with Crippen LogP contribution < -0.4 is 11.1 Å². The van der Waals surface area contributed by atoms with E-state index in [1.54, 1.807) is 0 Å². The molecule has 116 valence electrons. The lowest BCUT2D eigenvalue weighted by Crippen LogP contribution is -2.32. The van der Waals surface area contributed by atoms with Gasteiger partial charge in [0.25, 0.3) is 0 Å². The molecule has 0 saturated carbocycles. The second-order valence-corrected chi connectivity index (χ2v) is 5.38. The van der Waals surface area contributed by atoms with Crippen molar-refractivity contribution in [2.75, 3.05) is 11.9 Å². The molecule has 0 radical (unpaired) electrons. The van der Waals surface area contributed by atoms with Gasteiger partial charge in [-0.05, 0) is 31.9 Å². The second-order valence-electron chi connectivity index (χ2n) is 4.94. The summed E-state index contributed by atoms with van der Waals surface area (Å²) in [7, 11) is 0. The second kappa shape index (κ2) is 6.15. The molecule has 1 aliphatic heterocycles. The minimum absolute atomic E-state index is 0.00161. The van der Waals surface area contributed by atoms with Crippen LogP contribution in [0.25, 0.3) is 0 Å². The van der Waals surface area contributed by atoms with Crippen molar-refractivity contribution in [3.63, 3.8) is 0 Å². The predicted octanol–water partition coefficient (Wildman–Crippen LogP) is 2.71. The van der Waals surface area contributed by atoms with Crippen molar-refractivity contribution in [2.24, 2.45) is 5.73 Å². The van der Waals surface area contributed by atoms with Crippen LogP contribution >= 0.6 is 12.2 Å². The number of ether oxygens (including phenoxy) is 1. The summed E-state index contributed by atoms with van der Waals surface area (Å²) in [6, 6.07) is 1.93. The molecule has 4 nitrogen and oxygen atoms in total. The smallest absolute Gasteiger partial charge is 0.389 e. The number of nitrogens with one attached hydrogen (secondary N) is 1. The monoisotopic (exact) mass is 319 g/mol. The van der Waals surface area contributed by atoms with Crippen molar-refractivity contribution in [3.8, 4) is 0 Å². The van der Waals surface area contributed by atoms with E-state index >= 15 is 0 Å². The summed E-state index contributed by atoms with van der Waals surface area (Å²) in [5.41, 5.74) is 4.85. The van der Waals surface area contributed by atoms with Gasteiger partial charge in [-0.3, -0.25) is 0 Å². The number of aromatic nitrogens is 1. The van der Waals surface area contributed by atoms with Gasteiger partial charge in [0.05, 0.1) is 17.7 Å². The fourth-order valence-electron chi connectivity index (χ4n) is 2.23. The number of thiocarbonyl (C=S) groups is 1. The predicted molar refractivity (Wildman–Crippen MR) is 77.2 cm³/mol. The van der Waals surface area contributed by atoms with Crippen molar-refractivity contribution < 1.29 is 17.9 Å². The Morgan fingerprint density at radius 3 is 2.76 bits per heavy atom. The van der Waals surface area contributed by atoms with Crippen LogP contribution in [0, 0.1) is 0 Å². The molecule has 2 heterocycles. The van der Waals surface area contributed by atoms with E-state index in [0.717, 1.165) is 18.9 Å². The SMILES string of the molecule is CC(Nc1nc(C(F)(F)F)ccc1C(N)=S)C1CCCO1. The van der Waals surface area contributed by atoms with Gasteiger partial charge in [0.2, 0.25) is 0 Å². The van der Waals surface area contributed by atoms with E-state index in [4.69, 9.17) is 22.7 Å². The number of rotatable bonds is 4. The topological polar surface area (TPSA) is 60.2 Å². The molecule has 2 atom stereocenters. The highest BCUT2D eigenvalue weighted by Crippen LogP contribution is 2.30. The molecule has 21 heavy (non-hydrogen) atoms. The number of pyridine rings is 1. The molecule has 3 N–H and O–H groups in total. The first-order chi connectivity index (χ1) is 9.79. The average molecular weight is 319 g/mol. The van der Waals surface area contributed by atoms with Crippen LogP contribution in [0.2, 0.25) is 0 Å². The Kier molecular flexibility index (Phi) is 4.67. The average Bonchev–Trinajstić information content (AvgIpc) is 2.91. The van der Waals surface area contributed by atoms with Crippen LogP contribution in [0.5, 0.6) is 0 Å². The highest BCUT2D eigenvalue weighted by molar-refractivity contribution is 7.80. The molecular formula is C13H16F3N3OS. The number of nitrogens with two attached hydrogens (primary N) is 1. The zero-order valence-electron chi connectivity index (χ0n) is 11.4. The minimum Gasteiger partial charge on any atom is -0.389 e. The van der Waals surface area contributed by atoms with Gasteiger partial charge in [-0.1, -0.05) is 12.2 Å². The molecule has 1 aliphatic rings. The lowest BCUT2D eigenvalue weighted by Gasteiger charge is -2.22. The molecule has 0 aromatic carbocycles. The molecule has 8 heteroatoms. The van der Waals surface area contributed by atoms with Gasteiger partial charge < -0.3 is 15.8 Å². The maximum absolute atomic E-state index is 12.8. The summed E-state index contributed by atoms with van der Waals surface area (Å²) in [6.45, 7) is 2.50. The third kappa shape index (κ3) is 3.82. The van der Waals surface area contributed by atoms with Crippen molar-refractivity contribution in [2.45, 2.75) is 38.1 Å². The lowest BCUT2D eigenvalue weighted by atomic mass is 10.1. The number of alkyl halides is 3. The molecule has 1 aromatic heterocycles. The molecule has 0 amide bonds. The van der Waals surface area contributed by atoms with Gasteiger partial charge in [0.1, 0.15) is 16.5 Å². The molecule has 2 rings (SSSR count). The van der Waals surface area contributed by atoms with Crippen LogP contribution in [0.15, 0.2) is 12.1 Å². The summed E-state index contributed by atoms with van der Waals surface area (Å²) in [5.74, 6) is 0.0420. The maximum atomic E-state index is 12.8. The van der Waals surface area contributed by atoms with Crippen LogP contribution in [0.4, 0.5) is 19.0 Å². The van der Waals surface area contributed by atoms with E-state index < -0.39 is 11.9 Å². The molecule has 2 unspecified atom stereocenters. The van der Waals surface area contributed by atoms with Gasteiger partial charge in [-0.2, -0.15) is 13.2 Å². The fourth-order valence-corrected chi connectivity index (χ4v) is 2.40. The number of nitrogens with zero attached hydrogens (tertiary/aromatic N) is 1. The summed E-state index contributed by atoms with van der Waals surface area (Å²) < 4.78 is 43.8. The van der Waals surface area contributed by atoms with Crippen molar-refractivity contribution in [1.82, 2.24) is 4.98 Å². The zero-order chi connectivity index (χ0) is 15.6. The molecule has 1 saturated heterocycles. The van der Waals surface area contributed by atoms with Gasteiger partial charge in [-0.15, -0.1) is 0 Å². The quantitative estimate of drug-likeness (QED) is 0.836. The van der Waals surface area contributed by atoms with Crippen LogP contribution in [-0.4, -0.2) is 28.7 Å². The molecular weight excluding hydrogens is 303 g/mol. The molecule has 0 bridgehead atoms. The summed E-state index contributed by atoms with van der Waals surface area (Å²) in [4.78, 5) is 3.62. The molecule has 0 spiro atoms. The summed E-state index contributed by atoms with van der Waals surface area (Å²) in [5, 5.41) is 2.94. The van der Waals surface area contributed by atoms with E-state index in [1.807, 2.05) is 6.92 Å².